The molecule has 1 aromatic carbocycles. The lowest BCUT2D eigenvalue weighted by atomic mass is 9.46. The Morgan fingerprint density at radius 2 is 1.65 bits per heavy atom. The summed E-state index contributed by atoms with van der Waals surface area (Å²) in [5.74, 6) is 1.19. The maximum absolute atomic E-state index is 13.4. The van der Waals surface area contributed by atoms with Crippen LogP contribution in [-0.4, -0.2) is 25.6 Å². The van der Waals surface area contributed by atoms with Crippen LogP contribution in [0.5, 0.6) is 0 Å². The maximum atomic E-state index is 13.4. The second-order valence-corrected chi connectivity index (χ2v) is 13.2. The van der Waals surface area contributed by atoms with E-state index >= 15 is 0 Å². The van der Waals surface area contributed by atoms with Gasteiger partial charge in [0.15, 0.2) is 17.2 Å². The normalized spacial score (nSPS) is 39.6. The van der Waals surface area contributed by atoms with Crippen molar-refractivity contribution >= 4 is 21.7 Å². The molecule has 184 valence electrons. The summed E-state index contributed by atoms with van der Waals surface area (Å²) in [6.07, 6.45) is 8.27. The van der Waals surface area contributed by atoms with Crippen LogP contribution < -0.4 is 0 Å². The van der Waals surface area contributed by atoms with Crippen molar-refractivity contribution in [1.82, 2.24) is 0 Å². The Morgan fingerprint density at radius 3 is 2.32 bits per heavy atom. The zero-order chi connectivity index (χ0) is 24.5. The number of allylic oxidation sites excluding steroid dienone is 1. The summed E-state index contributed by atoms with van der Waals surface area (Å²) >= 11 is 0. The average molecular weight is 485 g/mol. The highest BCUT2D eigenvalue weighted by atomic mass is 32.2. The summed E-state index contributed by atoms with van der Waals surface area (Å²) in [6.45, 7) is 7.84. The molecule has 0 saturated heterocycles. The Bertz CT molecular complexity index is 1170. The third-order valence-electron chi connectivity index (χ3n) is 10.2. The van der Waals surface area contributed by atoms with Crippen molar-refractivity contribution in [3.63, 3.8) is 0 Å². The fraction of sp³-hybridized carbons (Fsp3) is 0.643. The van der Waals surface area contributed by atoms with Gasteiger partial charge in [-0.15, -0.1) is 0 Å². The van der Waals surface area contributed by atoms with Crippen molar-refractivity contribution in [2.75, 3.05) is 0 Å². The third kappa shape index (κ3) is 3.31. The number of hydrogen-bond acceptors (Lipinski definition) is 5. The number of benzene rings is 1. The molecule has 0 unspecified atom stereocenters. The molecule has 3 fully saturated rings. The molecule has 5 rings (SSSR count). The van der Waals surface area contributed by atoms with Crippen LogP contribution >= 0.6 is 0 Å². The SMILES string of the molecule is CC(=O)[C@@]1(OS(=O)(=O)c2ccc(C)cc2)CC[C@H]2[C@@H]3CCC4=CC(=O)CC[C@]4(C)[C@H]3CC[C@@]21C. The number of carbonyl (C=O) groups excluding carboxylic acids is 2. The number of Topliss-reactive ketones (excluding diaryl/α,β-unsaturated/α-hetero) is 1. The van der Waals surface area contributed by atoms with Gasteiger partial charge in [-0.3, -0.25) is 13.8 Å². The lowest BCUT2D eigenvalue weighted by molar-refractivity contribution is -0.153. The van der Waals surface area contributed by atoms with Crippen molar-refractivity contribution in [2.45, 2.75) is 89.6 Å². The van der Waals surface area contributed by atoms with Crippen LogP contribution in [0.3, 0.4) is 0 Å². The summed E-state index contributed by atoms with van der Waals surface area (Å²) in [6, 6.07) is 6.63. The Hall–Kier alpha value is -1.79. The largest absolute Gasteiger partial charge is 0.297 e. The van der Waals surface area contributed by atoms with Gasteiger partial charge in [0.1, 0.15) is 0 Å². The van der Waals surface area contributed by atoms with Crippen molar-refractivity contribution in [2.24, 2.45) is 28.6 Å². The van der Waals surface area contributed by atoms with Crippen LogP contribution in [0.2, 0.25) is 0 Å². The summed E-state index contributed by atoms with van der Waals surface area (Å²) in [5.41, 5.74) is 0.456. The Balaban J connectivity index is 1.50. The Kier molecular flexibility index (Phi) is 5.53. The first-order chi connectivity index (χ1) is 15.9. The van der Waals surface area contributed by atoms with Crippen molar-refractivity contribution in [3.8, 4) is 0 Å². The number of hydrogen-bond donors (Lipinski definition) is 0. The number of ketones is 2. The van der Waals surface area contributed by atoms with Gasteiger partial charge in [0.05, 0.1) is 4.90 Å². The van der Waals surface area contributed by atoms with E-state index in [1.165, 1.54) is 12.5 Å². The van der Waals surface area contributed by atoms with Crippen LogP contribution in [0.1, 0.15) is 77.7 Å². The topological polar surface area (TPSA) is 77.5 Å². The second-order valence-electron chi connectivity index (χ2n) is 11.7. The second kappa shape index (κ2) is 7.86. The van der Waals surface area contributed by atoms with E-state index in [0.29, 0.717) is 24.7 Å². The first kappa shape index (κ1) is 23.9. The maximum Gasteiger partial charge on any atom is 0.297 e. The first-order valence-corrected chi connectivity index (χ1v) is 14.1. The van der Waals surface area contributed by atoms with Crippen LogP contribution in [0.15, 0.2) is 40.8 Å². The summed E-state index contributed by atoms with van der Waals surface area (Å²) in [7, 11) is -4.09. The molecule has 5 nitrogen and oxygen atoms in total. The molecule has 4 aliphatic carbocycles. The molecule has 1 aromatic rings. The first-order valence-electron chi connectivity index (χ1n) is 12.7. The molecule has 6 atom stereocenters. The molecule has 0 N–H and O–H groups in total. The highest BCUT2D eigenvalue weighted by Crippen LogP contribution is 2.68. The summed E-state index contributed by atoms with van der Waals surface area (Å²) < 4.78 is 32.8. The fourth-order valence-corrected chi connectivity index (χ4v) is 9.60. The minimum Gasteiger partial charge on any atom is -0.297 e. The van der Waals surface area contributed by atoms with Gasteiger partial charge in [-0.25, -0.2) is 0 Å². The monoisotopic (exact) mass is 484 g/mol. The predicted molar refractivity (Wildman–Crippen MR) is 130 cm³/mol. The molecular weight excluding hydrogens is 448 g/mol. The van der Waals surface area contributed by atoms with Crippen LogP contribution in [0.4, 0.5) is 0 Å². The zero-order valence-electron chi connectivity index (χ0n) is 20.7. The standard InChI is InChI=1S/C28H36O5S/c1-18-5-8-22(9-6-18)34(31,32)33-28(19(2)29)16-13-25-23-10-7-20-17-21(30)11-14-26(20,3)24(23)12-15-27(25,28)4/h5-6,8-9,17,23-25H,7,10-16H2,1-4H3/t23-,24+,25+,26+,27+,28+/m1/s1. The van der Waals surface area contributed by atoms with Gasteiger partial charge in [0.2, 0.25) is 0 Å². The van der Waals surface area contributed by atoms with Gasteiger partial charge in [-0.1, -0.05) is 37.1 Å². The van der Waals surface area contributed by atoms with Crippen molar-refractivity contribution in [3.05, 3.63) is 41.5 Å². The number of fused-ring (bicyclic) bond motifs is 5. The highest BCUT2D eigenvalue weighted by molar-refractivity contribution is 7.86. The van der Waals surface area contributed by atoms with E-state index < -0.39 is 21.1 Å². The van der Waals surface area contributed by atoms with Crippen LogP contribution in [0.25, 0.3) is 0 Å². The molecule has 34 heavy (non-hydrogen) atoms. The Morgan fingerprint density at radius 1 is 0.971 bits per heavy atom. The van der Waals surface area contributed by atoms with E-state index in [1.807, 2.05) is 13.0 Å². The van der Waals surface area contributed by atoms with Crippen molar-refractivity contribution < 1.29 is 22.2 Å². The molecule has 6 heteroatoms. The highest BCUT2D eigenvalue weighted by Gasteiger charge is 2.68. The van der Waals surface area contributed by atoms with E-state index in [4.69, 9.17) is 4.18 Å². The quantitative estimate of drug-likeness (QED) is 0.523. The minimum absolute atomic E-state index is 0.0362. The van der Waals surface area contributed by atoms with Gasteiger partial charge in [-0.05, 0) is 100 Å². The van der Waals surface area contributed by atoms with Gasteiger partial charge in [0, 0.05) is 11.8 Å². The molecule has 4 aliphatic rings. The van der Waals surface area contributed by atoms with E-state index in [2.05, 4.69) is 13.8 Å². The van der Waals surface area contributed by atoms with Crippen molar-refractivity contribution in [1.29, 1.82) is 0 Å². The molecule has 0 amide bonds. The molecule has 0 heterocycles. The molecule has 0 aromatic heterocycles. The van der Waals surface area contributed by atoms with Gasteiger partial charge in [-0.2, -0.15) is 8.42 Å². The smallest absolute Gasteiger partial charge is 0.297 e. The molecule has 0 aliphatic heterocycles. The van der Waals surface area contributed by atoms with E-state index in [9.17, 15) is 18.0 Å². The molecule has 0 bridgehead atoms. The molecule has 0 radical (unpaired) electrons. The lowest BCUT2D eigenvalue weighted by Crippen LogP contribution is -2.58. The lowest BCUT2D eigenvalue weighted by Gasteiger charge is -2.59. The summed E-state index contributed by atoms with van der Waals surface area (Å²) in [4.78, 5) is 25.4. The average Bonchev–Trinajstić information content (AvgIpc) is 3.07. The number of rotatable bonds is 4. The third-order valence-corrected chi connectivity index (χ3v) is 11.6. The van der Waals surface area contributed by atoms with Gasteiger partial charge < -0.3 is 0 Å². The zero-order valence-corrected chi connectivity index (χ0v) is 21.5. The van der Waals surface area contributed by atoms with E-state index in [-0.39, 0.29) is 27.8 Å². The van der Waals surface area contributed by atoms with Crippen LogP contribution in [-0.2, 0) is 23.9 Å². The van der Waals surface area contributed by atoms with Crippen LogP contribution in [0, 0.1) is 35.5 Å². The fourth-order valence-electron chi connectivity index (χ4n) is 8.27. The van der Waals surface area contributed by atoms with Gasteiger partial charge in [0.25, 0.3) is 10.1 Å². The van der Waals surface area contributed by atoms with E-state index in [1.54, 1.807) is 24.3 Å². The Labute approximate surface area is 203 Å². The minimum atomic E-state index is -4.09. The predicted octanol–water partition coefficient (Wildman–Crippen LogP) is 5.56. The summed E-state index contributed by atoms with van der Waals surface area (Å²) in [5, 5.41) is 0. The van der Waals surface area contributed by atoms with E-state index in [0.717, 1.165) is 44.1 Å². The molecule has 3 saturated carbocycles. The molecule has 0 spiro atoms. The van der Waals surface area contributed by atoms with Gasteiger partial charge >= 0.3 is 0 Å². The number of aryl methyl sites for hydroxylation is 1. The number of carbonyl (C=O) groups is 2. The molecular formula is C28H36O5S.